The molecular weight excluding hydrogens is 405 g/mol. The number of H-pyrrole nitrogens is 1. The Morgan fingerprint density at radius 2 is 1.94 bits per heavy atom. The van der Waals surface area contributed by atoms with E-state index in [1.807, 2.05) is 24.4 Å². The van der Waals surface area contributed by atoms with E-state index in [2.05, 4.69) is 20.3 Å². The molecule has 4 rings (SSSR count). The summed E-state index contributed by atoms with van der Waals surface area (Å²) in [5.41, 5.74) is 2.60. The molecule has 158 valence electrons. The summed E-state index contributed by atoms with van der Waals surface area (Å²) in [5.74, 6) is -0.234. The first-order chi connectivity index (χ1) is 14.8. The second-order valence-electron chi connectivity index (χ2n) is 7.22. The number of amides is 1. The molecule has 0 unspecified atom stereocenters. The summed E-state index contributed by atoms with van der Waals surface area (Å²) in [4.78, 5) is 23.5. The highest BCUT2D eigenvalue weighted by atomic mass is 19.4. The Hall–Kier alpha value is -3.68. The van der Waals surface area contributed by atoms with E-state index in [0.29, 0.717) is 16.8 Å². The van der Waals surface area contributed by atoms with E-state index in [9.17, 15) is 18.0 Å². The largest absolute Gasteiger partial charge is 0.433 e. The fourth-order valence-electron chi connectivity index (χ4n) is 3.31. The second-order valence-corrected chi connectivity index (χ2v) is 7.22. The van der Waals surface area contributed by atoms with E-state index < -0.39 is 11.9 Å². The first-order valence-electron chi connectivity index (χ1n) is 9.67. The standard InChI is InChI=1S/C23H19F3N4O/c1-14-2-3-17(13-28-14)22-15(4-8-20(30-22)23(24,25)26)5-9-21(31)29-18-6-7-19-16(12-18)10-11-27-19/h2-4,6-8,10-13,27H,5,9H2,1H3,(H,29,31). The van der Waals surface area contributed by atoms with Crippen molar-refractivity contribution in [3.63, 3.8) is 0 Å². The minimum Gasteiger partial charge on any atom is -0.361 e. The Morgan fingerprint density at radius 3 is 2.68 bits per heavy atom. The number of carbonyl (C=O) groups is 1. The number of anilines is 1. The monoisotopic (exact) mass is 424 g/mol. The third-order valence-corrected chi connectivity index (χ3v) is 4.91. The predicted octanol–water partition coefficient (Wildman–Crippen LogP) is 5.52. The molecule has 3 aromatic heterocycles. The highest BCUT2D eigenvalue weighted by molar-refractivity contribution is 5.94. The summed E-state index contributed by atoms with van der Waals surface area (Å²) >= 11 is 0. The topological polar surface area (TPSA) is 70.7 Å². The van der Waals surface area contributed by atoms with Gasteiger partial charge in [-0.3, -0.25) is 9.78 Å². The number of hydrogen-bond donors (Lipinski definition) is 2. The van der Waals surface area contributed by atoms with Crippen molar-refractivity contribution in [2.45, 2.75) is 25.9 Å². The van der Waals surface area contributed by atoms with Crippen LogP contribution in [-0.4, -0.2) is 20.9 Å². The van der Waals surface area contributed by atoms with E-state index in [4.69, 9.17) is 0 Å². The smallest absolute Gasteiger partial charge is 0.361 e. The minimum absolute atomic E-state index is 0.102. The third-order valence-electron chi connectivity index (χ3n) is 4.91. The molecule has 1 amide bonds. The number of aryl methyl sites for hydroxylation is 2. The Kier molecular flexibility index (Phi) is 5.46. The number of alkyl halides is 3. The highest BCUT2D eigenvalue weighted by Crippen LogP contribution is 2.31. The van der Waals surface area contributed by atoms with Gasteiger partial charge >= 0.3 is 6.18 Å². The van der Waals surface area contributed by atoms with Crippen molar-refractivity contribution in [2.24, 2.45) is 0 Å². The van der Waals surface area contributed by atoms with Crippen molar-refractivity contribution in [1.29, 1.82) is 0 Å². The second kappa shape index (κ2) is 8.22. The number of aromatic nitrogens is 3. The molecule has 0 spiro atoms. The van der Waals surface area contributed by atoms with Gasteiger partial charge in [0.05, 0.1) is 5.69 Å². The van der Waals surface area contributed by atoms with Crippen LogP contribution >= 0.6 is 0 Å². The van der Waals surface area contributed by atoms with E-state index >= 15 is 0 Å². The molecule has 3 heterocycles. The molecule has 1 aromatic carbocycles. The van der Waals surface area contributed by atoms with Crippen LogP contribution in [0, 0.1) is 6.92 Å². The lowest BCUT2D eigenvalue weighted by Crippen LogP contribution is -2.14. The van der Waals surface area contributed by atoms with E-state index in [1.54, 1.807) is 25.1 Å². The average Bonchev–Trinajstić information content (AvgIpc) is 3.20. The van der Waals surface area contributed by atoms with Crippen molar-refractivity contribution in [3.8, 4) is 11.3 Å². The maximum absolute atomic E-state index is 13.2. The van der Waals surface area contributed by atoms with Crippen LogP contribution in [0.1, 0.15) is 23.4 Å². The third kappa shape index (κ3) is 4.74. The predicted molar refractivity (Wildman–Crippen MR) is 112 cm³/mol. The van der Waals surface area contributed by atoms with Gasteiger partial charge in [0.2, 0.25) is 5.91 Å². The SMILES string of the molecule is Cc1ccc(-c2nc(C(F)(F)F)ccc2CCC(=O)Nc2ccc3[nH]ccc3c2)cn1. The van der Waals surface area contributed by atoms with Crippen LogP contribution < -0.4 is 5.32 Å². The molecule has 0 aliphatic carbocycles. The van der Waals surface area contributed by atoms with E-state index in [-0.39, 0.29) is 24.4 Å². The number of aromatic amines is 1. The highest BCUT2D eigenvalue weighted by Gasteiger charge is 2.33. The van der Waals surface area contributed by atoms with Gasteiger partial charge in [-0.1, -0.05) is 6.07 Å². The molecule has 4 aromatic rings. The first kappa shape index (κ1) is 20.6. The number of benzene rings is 1. The zero-order valence-corrected chi connectivity index (χ0v) is 16.6. The van der Waals surface area contributed by atoms with Gasteiger partial charge in [0, 0.05) is 46.7 Å². The Balaban J connectivity index is 1.53. The molecule has 5 nitrogen and oxygen atoms in total. The average molecular weight is 424 g/mol. The van der Waals surface area contributed by atoms with Crippen LogP contribution in [0.4, 0.5) is 18.9 Å². The molecule has 0 saturated carbocycles. The molecule has 2 N–H and O–H groups in total. The number of hydrogen-bond acceptors (Lipinski definition) is 3. The molecule has 0 aliphatic heterocycles. The molecule has 8 heteroatoms. The lowest BCUT2D eigenvalue weighted by molar-refractivity contribution is -0.141. The number of fused-ring (bicyclic) bond motifs is 1. The lowest BCUT2D eigenvalue weighted by atomic mass is 10.0. The normalized spacial score (nSPS) is 11.6. The first-order valence-corrected chi connectivity index (χ1v) is 9.67. The summed E-state index contributed by atoms with van der Waals surface area (Å²) in [6.07, 6.45) is -0.903. The number of nitrogens with one attached hydrogen (secondary N) is 2. The number of pyridine rings is 2. The van der Waals surface area contributed by atoms with Crippen LogP contribution in [0.25, 0.3) is 22.2 Å². The molecule has 0 aliphatic rings. The lowest BCUT2D eigenvalue weighted by Gasteiger charge is -2.13. The van der Waals surface area contributed by atoms with Gasteiger partial charge in [0.25, 0.3) is 0 Å². The molecule has 0 bridgehead atoms. The molecule has 0 atom stereocenters. The van der Waals surface area contributed by atoms with E-state index in [0.717, 1.165) is 22.7 Å². The van der Waals surface area contributed by atoms with Crippen molar-refractivity contribution in [1.82, 2.24) is 15.0 Å². The van der Waals surface area contributed by atoms with Gasteiger partial charge in [-0.2, -0.15) is 13.2 Å². The summed E-state index contributed by atoms with van der Waals surface area (Å²) < 4.78 is 39.5. The number of rotatable bonds is 5. The maximum Gasteiger partial charge on any atom is 0.433 e. The minimum atomic E-state index is -4.56. The molecule has 0 saturated heterocycles. The molecule has 31 heavy (non-hydrogen) atoms. The van der Waals surface area contributed by atoms with E-state index in [1.165, 1.54) is 12.3 Å². The van der Waals surface area contributed by atoms with Crippen LogP contribution in [0.3, 0.4) is 0 Å². The summed E-state index contributed by atoms with van der Waals surface area (Å²) in [6, 6.07) is 13.1. The fourth-order valence-corrected chi connectivity index (χ4v) is 3.31. The van der Waals surface area contributed by atoms with Gasteiger partial charge in [0.15, 0.2) is 0 Å². The molecule has 0 fully saturated rings. The number of halogens is 3. The summed E-state index contributed by atoms with van der Waals surface area (Å²) in [6.45, 7) is 1.79. The summed E-state index contributed by atoms with van der Waals surface area (Å²) in [7, 11) is 0. The van der Waals surface area contributed by atoms with Gasteiger partial charge < -0.3 is 10.3 Å². The van der Waals surface area contributed by atoms with Crippen LogP contribution in [0.2, 0.25) is 0 Å². The van der Waals surface area contributed by atoms with Crippen LogP contribution in [0.5, 0.6) is 0 Å². The Morgan fingerprint density at radius 1 is 1.10 bits per heavy atom. The molecule has 0 radical (unpaired) electrons. The van der Waals surface area contributed by atoms with Crippen LogP contribution in [0.15, 0.2) is 60.9 Å². The van der Waals surface area contributed by atoms with Crippen molar-refractivity contribution < 1.29 is 18.0 Å². The van der Waals surface area contributed by atoms with Gasteiger partial charge in [-0.15, -0.1) is 0 Å². The van der Waals surface area contributed by atoms with Crippen molar-refractivity contribution >= 4 is 22.5 Å². The zero-order chi connectivity index (χ0) is 22.0. The Labute approximate surface area is 176 Å². The fraction of sp³-hybridized carbons (Fsp3) is 0.174. The van der Waals surface area contributed by atoms with Crippen molar-refractivity contribution in [3.05, 3.63) is 77.9 Å². The molecular formula is C23H19F3N4O. The van der Waals surface area contributed by atoms with Gasteiger partial charge in [0.1, 0.15) is 5.69 Å². The Bertz CT molecular complexity index is 1230. The van der Waals surface area contributed by atoms with Gasteiger partial charge in [-0.05, 0) is 61.4 Å². The van der Waals surface area contributed by atoms with Crippen molar-refractivity contribution in [2.75, 3.05) is 5.32 Å². The zero-order valence-electron chi connectivity index (χ0n) is 16.6. The number of nitrogens with zero attached hydrogens (tertiary/aromatic N) is 2. The maximum atomic E-state index is 13.2. The summed E-state index contributed by atoms with van der Waals surface area (Å²) in [5, 5.41) is 3.80. The van der Waals surface area contributed by atoms with Crippen LogP contribution in [-0.2, 0) is 17.4 Å². The quantitative estimate of drug-likeness (QED) is 0.443. The van der Waals surface area contributed by atoms with Gasteiger partial charge in [-0.25, -0.2) is 4.98 Å². The number of carbonyl (C=O) groups excluding carboxylic acids is 1.